The lowest BCUT2D eigenvalue weighted by molar-refractivity contribution is 0.0224. The summed E-state index contributed by atoms with van der Waals surface area (Å²) in [5.74, 6) is 0.796. The molecule has 0 radical (unpaired) electrons. The molecule has 5 rings (SSSR count). The average Bonchev–Trinajstić information content (AvgIpc) is 3.35. The quantitative estimate of drug-likeness (QED) is 0.452. The maximum absolute atomic E-state index is 12.6. The van der Waals surface area contributed by atoms with Gasteiger partial charge in [0.15, 0.2) is 11.3 Å². The van der Waals surface area contributed by atoms with E-state index in [1.807, 2.05) is 75.4 Å². The molecule has 180 valence electrons. The van der Waals surface area contributed by atoms with E-state index >= 15 is 0 Å². The molecule has 9 nitrogen and oxygen atoms in total. The summed E-state index contributed by atoms with van der Waals surface area (Å²) in [6, 6.07) is 16.8. The number of carbonyl (C=O) groups is 2. The molecule has 0 spiro atoms. The lowest BCUT2D eigenvalue weighted by Crippen LogP contribution is -2.39. The Hall–Kier alpha value is -4.27. The highest BCUT2D eigenvalue weighted by molar-refractivity contribution is 5.98. The maximum Gasteiger partial charge on any atom is 0.410 e. The van der Waals surface area contributed by atoms with Crippen LogP contribution in [0.3, 0.4) is 0 Å². The monoisotopic (exact) mass is 473 g/mol. The molecule has 2 aromatic heterocycles. The van der Waals surface area contributed by atoms with Gasteiger partial charge in [-0.15, -0.1) is 0 Å². The molecule has 0 saturated heterocycles. The zero-order chi connectivity index (χ0) is 24.7. The molecule has 0 unspecified atom stereocenters. The van der Waals surface area contributed by atoms with Crippen LogP contribution in [0.15, 0.2) is 54.6 Å². The van der Waals surface area contributed by atoms with Crippen LogP contribution in [0.5, 0.6) is 11.5 Å². The van der Waals surface area contributed by atoms with Gasteiger partial charge in [0.1, 0.15) is 22.8 Å². The van der Waals surface area contributed by atoms with Gasteiger partial charge in [0.05, 0.1) is 6.54 Å². The minimum atomic E-state index is -0.597. The summed E-state index contributed by atoms with van der Waals surface area (Å²) in [5.41, 5.74) is 8.98. The number of fused-ring (bicyclic) bond motifs is 3. The Bertz CT molecular complexity index is 1400. The third kappa shape index (κ3) is 4.44. The number of nitrogens with two attached hydrogens (primary N) is 1. The number of ether oxygens (including phenoxy) is 2. The molecular formula is C26H27N5O4. The average molecular weight is 474 g/mol. The Labute approximate surface area is 202 Å². The molecule has 1 aliphatic rings. The van der Waals surface area contributed by atoms with Gasteiger partial charge in [-0.1, -0.05) is 18.2 Å². The number of imidazole rings is 1. The first-order chi connectivity index (χ1) is 16.7. The molecule has 0 bridgehead atoms. The van der Waals surface area contributed by atoms with E-state index in [1.165, 1.54) is 0 Å². The van der Waals surface area contributed by atoms with Crippen molar-refractivity contribution in [1.82, 2.24) is 19.5 Å². The predicted molar refractivity (Wildman–Crippen MR) is 130 cm³/mol. The number of aromatic nitrogens is 3. The van der Waals surface area contributed by atoms with Crippen LogP contribution in [0.25, 0.3) is 16.9 Å². The van der Waals surface area contributed by atoms with Crippen LogP contribution in [-0.4, -0.2) is 43.6 Å². The van der Waals surface area contributed by atoms with E-state index in [0.717, 1.165) is 22.6 Å². The van der Waals surface area contributed by atoms with E-state index in [2.05, 4.69) is 5.10 Å². The van der Waals surface area contributed by atoms with Gasteiger partial charge in [-0.3, -0.25) is 9.89 Å². The summed E-state index contributed by atoms with van der Waals surface area (Å²) in [5, 5.41) is 3.26. The van der Waals surface area contributed by atoms with E-state index in [-0.39, 0.29) is 11.8 Å². The molecule has 4 aromatic rings. The number of rotatable bonds is 4. The zero-order valence-electron chi connectivity index (χ0n) is 19.9. The van der Waals surface area contributed by atoms with Crippen molar-refractivity contribution >= 4 is 17.6 Å². The van der Waals surface area contributed by atoms with Gasteiger partial charge < -0.3 is 20.1 Å². The smallest absolute Gasteiger partial charge is 0.410 e. The van der Waals surface area contributed by atoms with Gasteiger partial charge in [0, 0.05) is 29.8 Å². The minimum Gasteiger partial charge on any atom is -0.457 e. The molecule has 0 saturated carbocycles. The van der Waals surface area contributed by atoms with Crippen molar-refractivity contribution in [3.8, 4) is 22.8 Å². The fraction of sp³-hybridized carbons (Fsp3) is 0.269. The largest absolute Gasteiger partial charge is 0.457 e. The van der Waals surface area contributed by atoms with Gasteiger partial charge >= 0.3 is 6.09 Å². The third-order valence-corrected chi connectivity index (χ3v) is 5.73. The Balaban J connectivity index is 1.47. The molecule has 0 fully saturated rings. The summed E-state index contributed by atoms with van der Waals surface area (Å²) in [4.78, 5) is 31.5. The van der Waals surface area contributed by atoms with Crippen LogP contribution < -0.4 is 10.5 Å². The first-order valence-corrected chi connectivity index (χ1v) is 11.4. The summed E-state index contributed by atoms with van der Waals surface area (Å²) in [6.07, 6.45) is 0.218. The molecule has 0 aliphatic carbocycles. The number of amides is 2. The lowest BCUT2D eigenvalue weighted by atomic mass is 10.1. The van der Waals surface area contributed by atoms with Crippen LogP contribution in [0.4, 0.5) is 4.79 Å². The van der Waals surface area contributed by atoms with Crippen molar-refractivity contribution < 1.29 is 19.1 Å². The Morgan fingerprint density at radius 2 is 1.71 bits per heavy atom. The molecule has 2 amide bonds. The fourth-order valence-corrected chi connectivity index (χ4v) is 4.17. The summed E-state index contributed by atoms with van der Waals surface area (Å²) >= 11 is 0. The molecule has 35 heavy (non-hydrogen) atoms. The molecule has 1 aliphatic heterocycles. The number of nitrogens with one attached hydrogen (secondary N) is 1. The van der Waals surface area contributed by atoms with E-state index < -0.39 is 11.5 Å². The topological polar surface area (TPSA) is 115 Å². The van der Waals surface area contributed by atoms with Gasteiger partial charge in [0.2, 0.25) is 0 Å². The molecule has 0 atom stereocenters. The number of aromatic amines is 1. The van der Waals surface area contributed by atoms with Crippen LogP contribution in [-0.2, 0) is 17.7 Å². The first-order valence-electron chi connectivity index (χ1n) is 11.4. The summed E-state index contributed by atoms with van der Waals surface area (Å²) < 4.78 is 13.0. The molecule has 3 N–H and O–H groups in total. The number of primary amides is 1. The lowest BCUT2D eigenvalue weighted by Gasteiger charge is -2.29. The second kappa shape index (κ2) is 8.50. The normalized spacial score (nSPS) is 13.5. The second-order valence-corrected chi connectivity index (χ2v) is 9.49. The number of benzene rings is 2. The van der Waals surface area contributed by atoms with Crippen LogP contribution in [0.1, 0.15) is 42.5 Å². The Kier molecular flexibility index (Phi) is 5.47. The number of para-hydroxylation sites is 1. The number of hydrogen-bond acceptors (Lipinski definition) is 5. The Morgan fingerprint density at radius 3 is 2.37 bits per heavy atom. The van der Waals surface area contributed by atoms with Crippen LogP contribution >= 0.6 is 0 Å². The summed E-state index contributed by atoms with van der Waals surface area (Å²) in [6.45, 7) is 6.35. The van der Waals surface area contributed by atoms with Crippen molar-refractivity contribution in [2.75, 3.05) is 6.54 Å². The van der Waals surface area contributed by atoms with E-state index in [4.69, 9.17) is 20.2 Å². The highest BCUT2D eigenvalue weighted by atomic mass is 16.6. The summed E-state index contributed by atoms with van der Waals surface area (Å²) in [7, 11) is 0. The number of nitrogens with zero attached hydrogens (tertiary/aromatic N) is 3. The van der Waals surface area contributed by atoms with Crippen molar-refractivity contribution in [2.45, 2.75) is 39.3 Å². The second-order valence-electron chi connectivity index (χ2n) is 9.49. The zero-order valence-corrected chi connectivity index (χ0v) is 19.9. The molecule has 3 heterocycles. The maximum atomic E-state index is 12.6. The van der Waals surface area contributed by atoms with Crippen molar-refractivity contribution in [1.29, 1.82) is 0 Å². The van der Waals surface area contributed by atoms with Crippen molar-refractivity contribution in [3.05, 3.63) is 71.5 Å². The van der Waals surface area contributed by atoms with Gasteiger partial charge in [-0.05, 0) is 57.2 Å². The number of H-pyrrole nitrogens is 1. The van der Waals surface area contributed by atoms with Gasteiger partial charge in [-0.25, -0.2) is 14.3 Å². The van der Waals surface area contributed by atoms with Crippen molar-refractivity contribution in [3.63, 3.8) is 0 Å². The highest BCUT2D eigenvalue weighted by Gasteiger charge is 2.31. The molecule has 9 heteroatoms. The van der Waals surface area contributed by atoms with Gasteiger partial charge in [-0.2, -0.15) is 0 Å². The fourth-order valence-electron chi connectivity index (χ4n) is 4.17. The van der Waals surface area contributed by atoms with Crippen LogP contribution in [0.2, 0.25) is 0 Å². The highest BCUT2D eigenvalue weighted by Crippen LogP contribution is 2.31. The minimum absolute atomic E-state index is 0.259. The molecule has 2 aromatic carbocycles. The standard InChI is InChI=1S/C26H27N5O4/c1-26(2,3)35-25(33)30-14-13-20-19(15-30)24-28-21(22(23(27)32)31(24)29-20)16-9-11-18(12-10-16)34-17-7-5-4-6-8-17/h4-12,29H,13-15H2,1-3H3,(H2,27,32). The predicted octanol–water partition coefficient (Wildman–Crippen LogP) is 4.51. The van der Waals surface area contributed by atoms with Crippen LogP contribution in [0, 0.1) is 0 Å². The van der Waals surface area contributed by atoms with E-state index in [0.29, 0.717) is 36.6 Å². The van der Waals surface area contributed by atoms with E-state index in [1.54, 1.807) is 9.42 Å². The van der Waals surface area contributed by atoms with E-state index in [9.17, 15) is 9.59 Å². The molecular weight excluding hydrogens is 446 g/mol. The first kappa shape index (κ1) is 22.5. The third-order valence-electron chi connectivity index (χ3n) is 5.73. The van der Waals surface area contributed by atoms with Gasteiger partial charge in [0.25, 0.3) is 5.91 Å². The SMILES string of the molecule is CC(C)(C)OC(=O)N1CCc2[nH]n3c(C(N)=O)c(-c4ccc(Oc5ccccc5)cc4)nc3c2C1. The Morgan fingerprint density at radius 1 is 1.03 bits per heavy atom. The number of carbonyl (C=O) groups excluding carboxylic acids is 2. The number of hydrogen-bond donors (Lipinski definition) is 2. The van der Waals surface area contributed by atoms with Crippen molar-refractivity contribution in [2.24, 2.45) is 5.73 Å².